The smallest absolute Gasteiger partial charge is 0.344 e. The van der Waals surface area contributed by atoms with Crippen LogP contribution in [0, 0.1) is 0 Å². The third-order valence-electron chi connectivity index (χ3n) is 6.38. The molecule has 2 saturated carbocycles. The molecule has 0 aromatic heterocycles. The van der Waals surface area contributed by atoms with E-state index in [4.69, 9.17) is 9.47 Å². The lowest BCUT2D eigenvalue weighted by atomic mass is 9.82. The number of hydrazine groups is 1. The van der Waals surface area contributed by atoms with Gasteiger partial charge in [-0.15, -0.1) is 0 Å². The zero-order chi connectivity index (χ0) is 22.0. The number of hydrogen-bond acceptors (Lipinski definition) is 6. The highest BCUT2D eigenvalue weighted by Gasteiger charge is 2.52. The number of nitrogens with zero attached hydrogens (tertiary/aromatic N) is 2. The van der Waals surface area contributed by atoms with Gasteiger partial charge in [0.05, 0.1) is 20.8 Å². The van der Waals surface area contributed by atoms with Crippen molar-refractivity contribution in [2.75, 3.05) is 20.8 Å². The van der Waals surface area contributed by atoms with Gasteiger partial charge in [-0.3, -0.25) is 19.9 Å². The second-order valence-corrected chi connectivity index (χ2v) is 8.56. The van der Waals surface area contributed by atoms with Crippen LogP contribution >= 0.6 is 0 Å². The van der Waals surface area contributed by atoms with Gasteiger partial charge < -0.3 is 14.8 Å². The summed E-state index contributed by atoms with van der Waals surface area (Å²) in [4.78, 5) is 40.1. The van der Waals surface area contributed by atoms with Crippen molar-refractivity contribution in [3.8, 4) is 11.5 Å². The molecule has 1 heterocycles. The van der Waals surface area contributed by atoms with Crippen molar-refractivity contribution >= 4 is 17.8 Å². The second kappa shape index (κ2) is 8.74. The lowest BCUT2D eigenvalue weighted by Gasteiger charge is -2.30. The molecule has 2 N–H and O–H groups in total. The van der Waals surface area contributed by atoms with Crippen LogP contribution in [0.2, 0.25) is 0 Å². The van der Waals surface area contributed by atoms with E-state index in [1.807, 2.05) is 23.1 Å². The molecule has 3 aliphatic rings. The van der Waals surface area contributed by atoms with Crippen LogP contribution in [0.15, 0.2) is 18.2 Å². The Morgan fingerprint density at radius 1 is 1.19 bits per heavy atom. The maximum Gasteiger partial charge on any atom is 0.344 e. The molecule has 0 unspecified atom stereocenters. The first kappa shape index (κ1) is 21.4. The summed E-state index contributed by atoms with van der Waals surface area (Å²) in [6, 6.07) is 5.31. The molecule has 168 valence electrons. The van der Waals surface area contributed by atoms with Gasteiger partial charge in [0.25, 0.3) is 11.8 Å². The van der Waals surface area contributed by atoms with Gasteiger partial charge in [0, 0.05) is 18.2 Å². The Morgan fingerprint density at radius 3 is 2.58 bits per heavy atom. The van der Waals surface area contributed by atoms with Gasteiger partial charge in [-0.25, -0.2) is 4.79 Å². The van der Waals surface area contributed by atoms with Crippen LogP contribution in [0.1, 0.15) is 50.5 Å². The first-order valence-corrected chi connectivity index (χ1v) is 10.9. The highest BCUT2D eigenvalue weighted by Crippen LogP contribution is 2.34. The number of methoxy groups -OCH3 is 2. The summed E-state index contributed by atoms with van der Waals surface area (Å²) in [7, 11) is 3.22. The molecule has 0 atom stereocenters. The van der Waals surface area contributed by atoms with Crippen molar-refractivity contribution in [1.82, 2.24) is 20.7 Å². The van der Waals surface area contributed by atoms with Crippen LogP contribution < -0.4 is 20.2 Å². The number of hydrogen-bond donors (Lipinski definition) is 2. The summed E-state index contributed by atoms with van der Waals surface area (Å²) < 4.78 is 10.8. The molecule has 0 radical (unpaired) electrons. The Morgan fingerprint density at radius 2 is 1.94 bits per heavy atom. The summed E-state index contributed by atoms with van der Waals surface area (Å²) in [5.74, 6) is 0.705. The number of urea groups is 1. The number of carbonyl (C=O) groups excluding carboxylic acids is 3. The zero-order valence-corrected chi connectivity index (χ0v) is 18.1. The van der Waals surface area contributed by atoms with Gasteiger partial charge in [-0.05, 0) is 43.9 Å². The first-order valence-electron chi connectivity index (χ1n) is 10.9. The maximum absolute atomic E-state index is 12.9. The molecule has 9 heteroatoms. The largest absolute Gasteiger partial charge is 0.497 e. The monoisotopic (exact) mass is 430 g/mol. The van der Waals surface area contributed by atoms with Crippen molar-refractivity contribution in [3.05, 3.63) is 23.8 Å². The number of nitrogens with one attached hydrogen (secondary N) is 2. The molecule has 2 aliphatic carbocycles. The SMILES string of the molecule is COc1ccc(OC)c(CN(CC(=O)NN2C(=O)NC3(CCCCC3)C2=O)C2CC2)c1. The average molecular weight is 431 g/mol. The minimum Gasteiger partial charge on any atom is -0.497 e. The molecule has 4 rings (SSSR count). The van der Waals surface area contributed by atoms with E-state index < -0.39 is 11.6 Å². The van der Waals surface area contributed by atoms with Gasteiger partial charge in [0.1, 0.15) is 17.0 Å². The van der Waals surface area contributed by atoms with E-state index in [1.165, 1.54) is 0 Å². The van der Waals surface area contributed by atoms with Gasteiger partial charge in [0.2, 0.25) is 0 Å². The number of ether oxygens (including phenoxy) is 2. The van der Waals surface area contributed by atoms with Gasteiger partial charge >= 0.3 is 6.03 Å². The molecule has 1 aromatic carbocycles. The zero-order valence-electron chi connectivity index (χ0n) is 18.1. The summed E-state index contributed by atoms with van der Waals surface area (Å²) in [5.41, 5.74) is 2.60. The standard InChI is InChI=1S/C22H30N4O5/c1-30-17-8-9-18(31-2)15(12-17)13-25(16-6-7-16)14-19(27)24-26-20(28)22(23-21(26)29)10-4-3-5-11-22/h8-9,12,16H,3-7,10-11,13-14H2,1-2H3,(H,23,29)(H,24,27). The number of benzene rings is 1. The van der Waals surface area contributed by atoms with Crippen LogP contribution in [-0.4, -0.2) is 60.1 Å². The molecular weight excluding hydrogens is 400 g/mol. The Kier molecular flexibility index (Phi) is 6.04. The van der Waals surface area contributed by atoms with E-state index in [0.717, 1.165) is 48.4 Å². The fourth-order valence-corrected chi connectivity index (χ4v) is 4.54. The number of carbonyl (C=O) groups is 3. The number of imide groups is 1. The average Bonchev–Trinajstić information content (AvgIpc) is 3.59. The molecule has 1 aromatic rings. The van der Waals surface area contributed by atoms with Crippen LogP contribution in [0.3, 0.4) is 0 Å². The topological polar surface area (TPSA) is 100 Å². The Hall–Kier alpha value is -2.81. The van der Waals surface area contributed by atoms with Crippen LogP contribution in [0.5, 0.6) is 11.5 Å². The van der Waals surface area contributed by atoms with Gasteiger partial charge in [-0.2, -0.15) is 5.01 Å². The fraction of sp³-hybridized carbons (Fsp3) is 0.591. The molecule has 0 bridgehead atoms. The van der Waals surface area contributed by atoms with Crippen LogP contribution in [0.25, 0.3) is 0 Å². The van der Waals surface area contributed by atoms with E-state index in [1.54, 1.807) is 14.2 Å². The molecule has 1 saturated heterocycles. The van der Waals surface area contributed by atoms with E-state index >= 15 is 0 Å². The van der Waals surface area contributed by atoms with Crippen molar-refractivity contribution in [1.29, 1.82) is 0 Å². The van der Waals surface area contributed by atoms with Crippen LogP contribution in [0.4, 0.5) is 4.79 Å². The molecule has 1 spiro atoms. The summed E-state index contributed by atoms with van der Waals surface area (Å²) >= 11 is 0. The number of amides is 4. The minimum atomic E-state index is -0.854. The Labute approximate surface area is 182 Å². The Balaban J connectivity index is 1.42. The van der Waals surface area contributed by atoms with Gasteiger partial charge in [-0.1, -0.05) is 19.3 Å². The van der Waals surface area contributed by atoms with Crippen molar-refractivity contribution in [3.63, 3.8) is 0 Å². The first-order chi connectivity index (χ1) is 15.0. The van der Waals surface area contributed by atoms with E-state index in [2.05, 4.69) is 10.7 Å². The quantitative estimate of drug-likeness (QED) is 0.612. The molecule has 4 amide bonds. The summed E-state index contributed by atoms with van der Waals surface area (Å²) in [6.45, 7) is 0.581. The number of rotatable bonds is 8. The third-order valence-corrected chi connectivity index (χ3v) is 6.38. The molecule has 31 heavy (non-hydrogen) atoms. The third kappa shape index (κ3) is 4.46. The molecule has 9 nitrogen and oxygen atoms in total. The van der Waals surface area contributed by atoms with Crippen molar-refractivity contribution < 1.29 is 23.9 Å². The summed E-state index contributed by atoms with van der Waals surface area (Å²) in [6.07, 6.45) is 6.10. The van der Waals surface area contributed by atoms with E-state index in [-0.39, 0.29) is 24.4 Å². The second-order valence-electron chi connectivity index (χ2n) is 8.56. The summed E-state index contributed by atoms with van der Waals surface area (Å²) in [5, 5.41) is 3.68. The van der Waals surface area contributed by atoms with Crippen molar-refractivity contribution in [2.24, 2.45) is 0 Å². The normalized spacial score (nSPS) is 20.2. The molecule has 3 fully saturated rings. The van der Waals surface area contributed by atoms with Crippen LogP contribution in [-0.2, 0) is 16.1 Å². The van der Waals surface area contributed by atoms with E-state index in [9.17, 15) is 14.4 Å². The molecule has 1 aliphatic heterocycles. The lowest BCUT2D eigenvalue weighted by Crippen LogP contribution is -2.52. The van der Waals surface area contributed by atoms with Gasteiger partial charge in [0.15, 0.2) is 0 Å². The highest BCUT2D eigenvalue weighted by molar-refractivity contribution is 6.08. The fourth-order valence-electron chi connectivity index (χ4n) is 4.54. The lowest BCUT2D eigenvalue weighted by molar-refractivity contribution is -0.140. The predicted molar refractivity (Wildman–Crippen MR) is 112 cm³/mol. The van der Waals surface area contributed by atoms with E-state index in [0.29, 0.717) is 25.1 Å². The Bertz CT molecular complexity index is 863. The molecular formula is C22H30N4O5. The minimum absolute atomic E-state index is 0.0785. The highest BCUT2D eigenvalue weighted by atomic mass is 16.5. The maximum atomic E-state index is 12.9. The predicted octanol–water partition coefficient (Wildman–Crippen LogP) is 1.95. The van der Waals surface area contributed by atoms with Crippen molar-refractivity contribution in [2.45, 2.75) is 63.1 Å².